The highest BCUT2D eigenvalue weighted by Crippen LogP contribution is 2.32. The number of ketones is 1. The highest BCUT2D eigenvalue weighted by Gasteiger charge is 2.29. The van der Waals surface area contributed by atoms with E-state index in [9.17, 15) is 9.59 Å². The van der Waals surface area contributed by atoms with Crippen molar-refractivity contribution in [2.75, 3.05) is 37.7 Å². The normalized spacial score (nSPS) is 16.2. The maximum absolute atomic E-state index is 13.0. The molecule has 0 unspecified atom stereocenters. The maximum atomic E-state index is 13.0. The first-order chi connectivity index (χ1) is 15.5. The Morgan fingerprint density at radius 1 is 0.969 bits per heavy atom. The number of fused-ring (bicyclic) bond motifs is 1. The molecule has 2 aliphatic heterocycles. The number of anilines is 1. The molecular formula is C26H32N2O4. The van der Waals surface area contributed by atoms with E-state index in [1.807, 2.05) is 41.3 Å². The Bertz CT molecular complexity index is 962. The quantitative estimate of drug-likeness (QED) is 0.627. The maximum Gasteiger partial charge on any atom is 0.253 e. The van der Waals surface area contributed by atoms with Crippen molar-refractivity contribution in [3.8, 4) is 11.5 Å². The van der Waals surface area contributed by atoms with Crippen LogP contribution in [0.15, 0.2) is 42.5 Å². The van der Waals surface area contributed by atoms with Gasteiger partial charge in [-0.25, -0.2) is 0 Å². The number of Topliss-reactive ketones (excluding diaryl/α,β-unsaturated/α-hetero) is 1. The van der Waals surface area contributed by atoms with Gasteiger partial charge < -0.3 is 19.3 Å². The zero-order valence-electron chi connectivity index (χ0n) is 19.2. The van der Waals surface area contributed by atoms with Crippen molar-refractivity contribution >= 4 is 17.4 Å². The fraction of sp³-hybridized carbons (Fsp3) is 0.462. The van der Waals surface area contributed by atoms with E-state index in [0.29, 0.717) is 67.8 Å². The summed E-state index contributed by atoms with van der Waals surface area (Å²) in [6.07, 6.45) is 1.35. The summed E-state index contributed by atoms with van der Waals surface area (Å²) in [5.41, 5.74) is 2.48. The standard InChI is InChI=1S/C26H32N2O4/c1-4-28(18(2)3)22-8-5-20(6-9-22)26(30)27-13-11-19(12-14-27)25(29)21-7-10-23-24(17-21)32-16-15-31-23/h5-10,17-19H,4,11-16H2,1-3H3. The molecule has 170 valence electrons. The Balaban J connectivity index is 1.36. The second kappa shape index (κ2) is 9.63. The molecule has 0 spiro atoms. The first-order valence-corrected chi connectivity index (χ1v) is 11.6. The van der Waals surface area contributed by atoms with Crippen LogP contribution < -0.4 is 14.4 Å². The van der Waals surface area contributed by atoms with Crippen LogP contribution >= 0.6 is 0 Å². The number of benzene rings is 2. The average Bonchev–Trinajstić information content (AvgIpc) is 2.83. The number of likely N-dealkylation sites (tertiary alicyclic amines) is 1. The predicted molar refractivity (Wildman–Crippen MR) is 125 cm³/mol. The van der Waals surface area contributed by atoms with Crippen molar-refractivity contribution in [1.82, 2.24) is 4.90 Å². The molecule has 0 aliphatic carbocycles. The molecule has 0 radical (unpaired) electrons. The summed E-state index contributed by atoms with van der Waals surface area (Å²) >= 11 is 0. The lowest BCUT2D eigenvalue weighted by Crippen LogP contribution is -2.40. The Labute approximate surface area is 190 Å². The summed E-state index contributed by atoms with van der Waals surface area (Å²) in [7, 11) is 0. The summed E-state index contributed by atoms with van der Waals surface area (Å²) in [6.45, 7) is 9.61. The van der Waals surface area contributed by atoms with Crippen molar-refractivity contribution < 1.29 is 19.1 Å². The molecule has 32 heavy (non-hydrogen) atoms. The topological polar surface area (TPSA) is 59.1 Å². The van der Waals surface area contributed by atoms with Crippen LogP contribution in [0, 0.1) is 5.92 Å². The van der Waals surface area contributed by atoms with Crippen molar-refractivity contribution in [2.24, 2.45) is 5.92 Å². The van der Waals surface area contributed by atoms with Crippen LogP contribution in [-0.4, -0.2) is 55.5 Å². The molecule has 1 amide bonds. The number of hydrogen-bond acceptors (Lipinski definition) is 5. The average molecular weight is 437 g/mol. The van der Waals surface area contributed by atoms with Crippen LogP contribution in [0.25, 0.3) is 0 Å². The minimum atomic E-state index is -0.0758. The first kappa shape index (κ1) is 22.2. The van der Waals surface area contributed by atoms with Gasteiger partial charge in [-0.3, -0.25) is 9.59 Å². The van der Waals surface area contributed by atoms with Crippen LogP contribution in [0.2, 0.25) is 0 Å². The van der Waals surface area contributed by atoms with Gasteiger partial charge in [0, 0.05) is 48.4 Å². The fourth-order valence-electron chi connectivity index (χ4n) is 4.60. The molecule has 2 aliphatic rings. The summed E-state index contributed by atoms with van der Waals surface area (Å²) in [4.78, 5) is 30.2. The van der Waals surface area contributed by atoms with E-state index in [4.69, 9.17) is 9.47 Å². The van der Waals surface area contributed by atoms with Crippen LogP contribution in [0.4, 0.5) is 5.69 Å². The number of nitrogens with zero attached hydrogens (tertiary/aromatic N) is 2. The van der Waals surface area contributed by atoms with Crippen molar-refractivity contribution in [2.45, 2.75) is 39.7 Å². The second-order valence-corrected chi connectivity index (χ2v) is 8.72. The van der Waals surface area contributed by atoms with Gasteiger partial charge in [-0.2, -0.15) is 0 Å². The molecule has 1 fully saturated rings. The van der Waals surface area contributed by atoms with E-state index >= 15 is 0 Å². The Kier molecular flexibility index (Phi) is 6.68. The van der Waals surface area contributed by atoms with Gasteiger partial charge in [0.2, 0.25) is 0 Å². The van der Waals surface area contributed by atoms with Crippen molar-refractivity contribution in [1.29, 1.82) is 0 Å². The lowest BCUT2D eigenvalue weighted by Gasteiger charge is -2.32. The van der Waals surface area contributed by atoms with Gasteiger partial charge in [-0.05, 0) is 76.1 Å². The number of piperidine rings is 1. The summed E-state index contributed by atoms with van der Waals surface area (Å²) in [5.74, 6) is 1.40. The number of ether oxygens (including phenoxy) is 2. The SMILES string of the molecule is CCN(c1ccc(C(=O)N2CCC(C(=O)c3ccc4c(c3)OCCO4)CC2)cc1)C(C)C. The smallest absolute Gasteiger partial charge is 0.253 e. The minimum Gasteiger partial charge on any atom is -0.486 e. The number of carbonyl (C=O) groups is 2. The van der Waals surface area contributed by atoms with Gasteiger partial charge in [0.25, 0.3) is 5.91 Å². The Hall–Kier alpha value is -3.02. The number of hydrogen-bond donors (Lipinski definition) is 0. The molecule has 0 N–H and O–H groups in total. The van der Waals surface area contributed by atoms with E-state index in [1.54, 1.807) is 6.07 Å². The Morgan fingerprint density at radius 3 is 2.22 bits per heavy atom. The minimum absolute atomic E-state index is 0.0365. The fourth-order valence-corrected chi connectivity index (χ4v) is 4.60. The molecule has 6 heteroatoms. The Morgan fingerprint density at radius 2 is 1.59 bits per heavy atom. The third kappa shape index (κ3) is 4.59. The molecule has 0 atom stereocenters. The lowest BCUT2D eigenvalue weighted by atomic mass is 9.88. The summed E-state index contributed by atoms with van der Waals surface area (Å²) in [6, 6.07) is 13.7. The molecule has 0 aromatic heterocycles. The zero-order chi connectivity index (χ0) is 22.7. The molecule has 1 saturated heterocycles. The van der Waals surface area contributed by atoms with Crippen LogP contribution in [0.1, 0.15) is 54.3 Å². The second-order valence-electron chi connectivity index (χ2n) is 8.72. The van der Waals surface area contributed by atoms with Crippen LogP contribution in [-0.2, 0) is 0 Å². The molecule has 2 aromatic rings. The van der Waals surface area contributed by atoms with Gasteiger partial charge in [0.1, 0.15) is 13.2 Å². The number of carbonyl (C=O) groups excluding carboxylic acids is 2. The summed E-state index contributed by atoms with van der Waals surface area (Å²) in [5, 5.41) is 0. The third-order valence-corrected chi connectivity index (χ3v) is 6.39. The van der Waals surface area contributed by atoms with Crippen LogP contribution in [0.5, 0.6) is 11.5 Å². The van der Waals surface area contributed by atoms with Gasteiger partial charge in [-0.15, -0.1) is 0 Å². The molecule has 2 heterocycles. The summed E-state index contributed by atoms with van der Waals surface area (Å²) < 4.78 is 11.2. The van der Waals surface area contributed by atoms with Gasteiger partial charge >= 0.3 is 0 Å². The van der Waals surface area contributed by atoms with Crippen LogP contribution in [0.3, 0.4) is 0 Å². The van der Waals surface area contributed by atoms with Crippen molar-refractivity contribution in [3.05, 3.63) is 53.6 Å². The zero-order valence-corrected chi connectivity index (χ0v) is 19.2. The number of amides is 1. The van der Waals surface area contributed by atoms with E-state index in [-0.39, 0.29) is 17.6 Å². The largest absolute Gasteiger partial charge is 0.486 e. The van der Waals surface area contributed by atoms with E-state index in [1.165, 1.54) is 0 Å². The third-order valence-electron chi connectivity index (χ3n) is 6.39. The van der Waals surface area contributed by atoms with Gasteiger partial charge in [0.05, 0.1) is 0 Å². The molecular weight excluding hydrogens is 404 g/mol. The van der Waals surface area contributed by atoms with E-state index < -0.39 is 0 Å². The van der Waals surface area contributed by atoms with Gasteiger partial charge in [0.15, 0.2) is 17.3 Å². The predicted octanol–water partition coefficient (Wildman–Crippen LogP) is 4.43. The highest BCUT2D eigenvalue weighted by molar-refractivity contribution is 5.99. The monoisotopic (exact) mass is 436 g/mol. The molecule has 2 aromatic carbocycles. The molecule has 6 nitrogen and oxygen atoms in total. The van der Waals surface area contributed by atoms with Gasteiger partial charge in [-0.1, -0.05) is 0 Å². The van der Waals surface area contributed by atoms with E-state index in [2.05, 4.69) is 25.7 Å². The molecule has 0 saturated carbocycles. The lowest BCUT2D eigenvalue weighted by molar-refractivity contribution is 0.0650. The van der Waals surface area contributed by atoms with Crippen molar-refractivity contribution in [3.63, 3.8) is 0 Å². The first-order valence-electron chi connectivity index (χ1n) is 11.6. The van der Waals surface area contributed by atoms with E-state index in [0.717, 1.165) is 12.2 Å². The molecule has 0 bridgehead atoms. The molecule has 4 rings (SSSR count). The highest BCUT2D eigenvalue weighted by atomic mass is 16.6. The number of rotatable bonds is 6.